The standard InChI is InChI=1S/C24H32N2O5S/c1-5-31-21-14-18(25-23(28)20(15-27)16-9-10-16)11-12-22(21)32(29,30)26-19-8-6-7-17(13-19)24(2,3)4/h6-8,11-14,16,20,26-27H,5,9-10,15H2,1-4H3,(H,25,28)/t20-/m0/s1. The monoisotopic (exact) mass is 460 g/mol. The maximum atomic E-state index is 13.1. The lowest BCUT2D eigenvalue weighted by Crippen LogP contribution is -2.27. The van der Waals surface area contributed by atoms with E-state index in [1.54, 1.807) is 13.0 Å². The fourth-order valence-electron chi connectivity index (χ4n) is 3.52. The number of aliphatic hydroxyl groups is 1. The highest BCUT2D eigenvalue weighted by Crippen LogP contribution is 2.37. The summed E-state index contributed by atoms with van der Waals surface area (Å²) in [6.45, 7) is 8.00. The Morgan fingerprint density at radius 2 is 1.88 bits per heavy atom. The van der Waals surface area contributed by atoms with Gasteiger partial charge in [0.25, 0.3) is 10.0 Å². The predicted molar refractivity (Wildman–Crippen MR) is 125 cm³/mol. The molecule has 1 amide bonds. The summed E-state index contributed by atoms with van der Waals surface area (Å²) in [7, 11) is -3.93. The third-order valence-electron chi connectivity index (χ3n) is 5.51. The van der Waals surface area contributed by atoms with Crippen LogP contribution >= 0.6 is 0 Å². The summed E-state index contributed by atoms with van der Waals surface area (Å²) >= 11 is 0. The first-order valence-corrected chi connectivity index (χ1v) is 12.4. The van der Waals surface area contributed by atoms with Crippen molar-refractivity contribution in [3.05, 3.63) is 48.0 Å². The van der Waals surface area contributed by atoms with Crippen LogP contribution in [-0.4, -0.2) is 32.6 Å². The van der Waals surface area contributed by atoms with Crippen molar-refractivity contribution in [2.24, 2.45) is 11.8 Å². The molecule has 1 atom stereocenters. The van der Waals surface area contributed by atoms with Crippen molar-refractivity contribution in [2.75, 3.05) is 23.3 Å². The van der Waals surface area contributed by atoms with Crippen molar-refractivity contribution in [1.82, 2.24) is 0 Å². The topological polar surface area (TPSA) is 105 Å². The van der Waals surface area contributed by atoms with Crippen molar-refractivity contribution in [2.45, 2.75) is 50.8 Å². The van der Waals surface area contributed by atoms with E-state index in [-0.39, 0.29) is 41.1 Å². The lowest BCUT2D eigenvalue weighted by Gasteiger charge is -2.20. The Kier molecular flexibility index (Phi) is 7.15. The average Bonchev–Trinajstić information content (AvgIpc) is 3.53. The molecule has 2 aromatic carbocycles. The molecule has 8 heteroatoms. The lowest BCUT2D eigenvalue weighted by atomic mass is 9.87. The highest BCUT2D eigenvalue weighted by Gasteiger charge is 2.35. The predicted octanol–water partition coefficient (Wildman–Crippen LogP) is 4.14. The number of carbonyl (C=O) groups excluding carboxylic acids is 1. The molecule has 2 aromatic rings. The second-order valence-corrected chi connectivity index (χ2v) is 10.8. The molecule has 0 unspecified atom stereocenters. The minimum Gasteiger partial charge on any atom is -0.492 e. The number of ether oxygens (including phenoxy) is 1. The van der Waals surface area contributed by atoms with Crippen LogP contribution in [0.4, 0.5) is 11.4 Å². The number of anilines is 2. The maximum Gasteiger partial charge on any atom is 0.265 e. The molecule has 1 aliphatic carbocycles. The van der Waals surface area contributed by atoms with E-state index in [0.717, 1.165) is 18.4 Å². The normalized spacial score (nSPS) is 15.2. The Morgan fingerprint density at radius 3 is 2.47 bits per heavy atom. The molecule has 1 aliphatic rings. The SMILES string of the molecule is CCOc1cc(NC(=O)[C@@H](CO)C2CC2)ccc1S(=O)(=O)Nc1cccc(C(C)(C)C)c1. The van der Waals surface area contributed by atoms with Gasteiger partial charge in [-0.05, 0) is 60.9 Å². The van der Waals surface area contributed by atoms with Crippen molar-refractivity contribution < 1.29 is 23.1 Å². The maximum absolute atomic E-state index is 13.1. The Bertz CT molecular complexity index is 1070. The fourth-order valence-corrected chi connectivity index (χ4v) is 4.69. The minimum atomic E-state index is -3.93. The summed E-state index contributed by atoms with van der Waals surface area (Å²) in [4.78, 5) is 12.5. The van der Waals surface area contributed by atoms with E-state index >= 15 is 0 Å². The zero-order valence-corrected chi connectivity index (χ0v) is 19.8. The van der Waals surface area contributed by atoms with Crippen LogP contribution in [0.25, 0.3) is 0 Å². The summed E-state index contributed by atoms with van der Waals surface area (Å²) < 4.78 is 34.5. The van der Waals surface area contributed by atoms with Crippen molar-refractivity contribution >= 4 is 27.3 Å². The molecule has 0 spiro atoms. The highest BCUT2D eigenvalue weighted by molar-refractivity contribution is 7.92. The lowest BCUT2D eigenvalue weighted by molar-refractivity contribution is -0.121. The quantitative estimate of drug-likeness (QED) is 0.522. The third-order valence-corrected chi connectivity index (χ3v) is 6.93. The number of rotatable bonds is 9. The molecule has 3 N–H and O–H groups in total. The van der Waals surface area contributed by atoms with Gasteiger partial charge in [0.1, 0.15) is 10.6 Å². The van der Waals surface area contributed by atoms with Crippen LogP contribution in [-0.2, 0) is 20.2 Å². The number of carbonyl (C=O) groups is 1. The summed E-state index contributed by atoms with van der Waals surface area (Å²) in [5, 5.41) is 12.3. The molecular weight excluding hydrogens is 428 g/mol. The van der Waals surface area contributed by atoms with Crippen LogP contribution in [0.3, 0.4) is 0 Å². The summed E-state index contributed by atoms with van der Waals surface area (Å²) in [6.07, 6.45) is 1.87. The molecule has 174 valence electrons. The summed E-state index contributed by atoms with van der Waals surface area (Å²) in [5.41, 5.74) is 1.78. The molecule has 7 nitrogen and oxygen atoms in total. The number of benzene rings is 2. The second-order valence-electron chi connectivity index (χ2n) is 9.15. The van der Waals surface area contributed by atoms with Crippen LogP contribution in [0, 0.1) is 11.8 Å². The number of amides is 1. The van der Waals surface area contributed by atoms with Crippen molar-refractivity contribution in [1.29, 1.82) is 0 Å². The molecule has 1 fully saturated rings. The van der Waals surface area contributed by atoms with Crippen LogP contribution in [0.15, 0.2) is 47.4 Å². The van der Waals surface area contributed by atoms with Gasteiger partial charge in [-0.1, -0.05) is 32.9 Å². The Hall–Kier alpha value is -2.58. The number of hydrogen-bond acceptors (Lipinski definition) is 5. The molecule has 3 rings (SSSR count). The van der Waals surface area contributed by atoms with Gasteiger partial charge in [-0.3, -0.25) is 9.52 Å². The van der Waals surface area contributed by atoms with Crippen molar-refractivity contribution in [3.8, 4) is 5.75 Å². The summed E-state index contributed by atoms with van der Waals surface area (Å²) in [5.74, 6) is -0.369. The van der Waals surface area contributed by atoms with Gasteiger partial charge >= 0.3 is 0 Å². The second kappa shape index (κ2) is 9.50. The first-order chi connectivity index (χ1) is 15.0. The van der Waals surface area contributed by atoms with Gasteiger partial charge in [0.2, 0.25) is 5.91 Å². The van der Waals surface area contributed by atoms with Crippen molar-refractivity contribution in [3.63, 3.8) is 0 Å². The number of hydrogen-bond donors (Lipinski definition) is 3. The number of nitrogens with one attached hydrogen (secondary N) is 2. The molecule has 1 saturated carbocycles. The van der Waals surface area contributed by atoms with Gasteiger partial charge in [-0.15, -0.1) is 0 Å². The van der Waals surface area contributed by atoms with E-state index in [2.05, 4.69) is 30.8 Å². The minimum absolute atomic E-state index is 0.0144. The molecule has 0 heterocycles. The van der Waals surface area contributed by atoms with E-state index in [1.165, 1.54) is 18.2 Å². The van der Waals surface area contributed by atoms with Gasteiger partial charge in [-0.25, -0.2) is 8.42 Å². The molecule has 0 aliphatic heterocycles. The zero-order chi connectivity index (χ0) is 23.5. The van der Waals surface area contributed by atoms with E-state index in [9.17, 15) is 18.3 Å². The Labute approximate surface area is 190 Å². The van der Waals surface area contributed by atoms with Gasteiger partial charge in [0, 0.05) is 17.4 Å². The average molecular weight is 461 g/mol. The van der Waals surface area contributed by atoms with Gasteiger partial charge in [-0.2, -0.15) is 0 Å². The van der Waals surface area contributed by atoms with Gasteiger partial charge in [0.15, 0.2) is 0 Å². The van der Waals surface area contributed by atoms with E-state index in [0.29, 0.717) is 11.4 Å². The Balaban J connectivity index is 1.85. The number of aliphatic hydroxyl groups excluding tert-OH is 1. The molecule has 32 heavy (non-hydrogen) atoms. The first kappa shape index (κ1) is 24.1. The molecule has 0 aromatic heterocycles. The third kappa shape index (κ3) is 5.81. The molecular formula is C24H32N2O5S. The largest absolute Gasteiger partial charge is 0.492 e. The van der Waals surface area contributed by atoms with Crippen LogP contribution < -0.4 is 14.8 Å². The molecule has 0 saturated heterocycles. The fraction of sp³-hybridized carbons (Fsp3) is 0.458. The van der Waals surface area contributed by atoms with Gasteiger partial charge in [0.05, 0.1) is 19.1 Å². The van der Waals surface area contributed by atoms with E-state index < -0.39 is 15.9 Å². The van der Waals surface area contributed by atoms with Crippen LogP contribution in [0.1, 0.15) is 46.1 Å². The van der Waals surface area contributed by atoms with E-state index in [4.69, 9.17) is 4.74 Å². The Morgan fingerprint density at radius 1 is 1.16 bits per heavy atom. The molecule has 0 radical (unpaired) electrons. The smallest absolute Gasteiger partial charge is 0.265 e. The van der Waals surface area contributed by atoms with Crippen LogP contribution in [0.2, 0.25) is 0 Å². The highest BCUT2D eigenvalue weighted by atomic mass is 32.2. The molecule has 0 bridgehead atoms. The zero-order valence-electron chi connectivity index (χ0n) is 19.0. The summed E-state index contributed by atoms with van der Waals surface area (Å²) in [6, 6.07) is 11.8. The first-order valence-electron chi connectivity index (χ1n) is 10.9. The number of sulfonamides is 1. The van der Waals surface area contributed by atoms with Gasteiger partial charge < -0.3 is 15.2 Å². The van der Waals surface area contributed by atoms with E-state index in [1.807, 2.05) is 18.2 Å². The van der Waals surface area contributed by atoms with Crippen LogP contribution in [0.5, 0.6) is 5.75 Å².